The zero-order valence-electron chi connectivity index (χ0n) is 12.0. The average Bonchev–Trinajstić information content (AvgIpc) is 2.94. The maximum absolute atomic E-state index is 12.5. The van der Waals surface area contributed by atoms with Crippen molar-refractivity contribution >= 4 is 55.5 Å². The van der Waals surface area contributed by atoms with Crippen LogP contribution in [0.4, 0.5) is 10.9 Å². The summed E-state index contributed by atoms with van der Waals surface area (Å²) in [6.07, 6.45) is 0. The maximum Gasteiger partial charge on any atom is 0.267 e. The van der Waals surface area contributed by atoms with Gasteiger partial charge in [0, 0.05) is 19.6 Å². The molecular formula is C13H17BrN4OS2. The molecule has 114 valence electrons. The Labute approximate surface area is 140 Å². The first-order chi connectivity index (χ1) is 9.86. The Hall–Kier alpha value is -1.12. The molecule has 8 heteroatoms. The predicted octanol–water partition coefficient (Wildman–Crippen LogP) is 3.64. The molecule has 3 N–H and O–H groups in total. The number of anilines is 2. The molecule has 2 rings (SSSR count). The highest BCUT2D eigenvalue weighted by atomic mass is 79.9. The Kier molecular flexibility index (Phi) is 5.23. The van der Waals surface area contributed by atoms with Crippen molar-refractivity contribution in [3.8, 4) is 0 Å². The van der Waals surface area contributed by atoms with Crippen molar-refractivity contribution in [2.24, 2.45) is 0 Å². The van der Waals surface area contributed by atoms with Crippen LogP contribution in [0.5, 0.6) is 0 Å². The van der Waals surface area contributed by atoms with Gasteiger partial charge in [-0.15, -0.1) is 11.3 Å². The number of nitrogens with two attached hydrogens (primary N) is 1. The molecule has 0 unspecified atom stereocenters. The zero-order chi connectivity index (χ0) is 15.6. The molecule has 0 aliphatic carbocycles. The summed E-state index contributed by atoms with van der Waals surface area (Å²) in [5, 5.41) is 5.87. The summed E-state index contributed by atoms with van der Waals surface area (Å²) in [7, 11) is 1.77. The van der Waals surface area contributed by atoms with Crippen LogP contribution >= 0.6 is 38.6 Å². The van der Waals surface area contributed by atoms with Crippen LogP contribution in [0, 0.1) is 0 Å². The maximum atomic E-state index is 12.5. The van der Waals surface area contributed by atoms with Gasteiger partial charge in [0.1, 0.15) is 10.7 Å². The fourth-order valence-electron chi connectivity index (χ4n) is 1.74. The zero-order valence-corrected chi connectivity index (χ0v) is 15.2. The number of nitrogens with zero attached hydrogens (tertiary/aromatic N) is 2. The highest BCUT2D eigenvalue weighted by Gasteiger charge is 2.20. The van der Waals surface area contributed by atoms with Gasteiger partial charge in [-0.3, -0.25) is 4.79 Å². The van der Waals surface area contributed by atoms with Crippen molar-refractivity contribution in [2.75, 3.05) is 18.1 Å². The molecule has 0 saturated carbocycles. The van der Waals surface area contributed by atoms with Crippen molar-refractivity contribution in [3.05, 3.63) is 25.7 Å². The lowest BCUT2D eigenvalue weighted by Crippen LogP contribution is -2.25. The number of thiophene rings is 1. The first-order valence-corrected chi connectivity index (χ1v) is 8.87. The molecule has 2 aromatic heterocycles. The monoisotopic (exact) mass is 388 g/mol. The predicted molar refractivity (Wildman–Crippen MR) is 93.1 cm³/mol. The molecule has 5 nitrogen and oxygen atoms in total. The Bertz CT molecular complexity index is 638. The highest BCUT2D eigenvalue weighted by molar-refractivity contribution is 9.11. The second-order valence-corrected chi connectivity index (χ2v) is 8.24. The third-order valence-corrected chi connectivity index (χ3v) is 5.19. The van der Waals surface area contributed by atoms with E-state index in [-0.39, 0.29) is 17.8 Å². The molecule has 0 fully saturated rings. The third-order valence-electron chi connectivity index (χ3n) is 2.65. The van der Waals surface area contributed by atoms with Gasteiger partial charge < -0.3 is 16.0 Å². The number of nitrogen functional groups attached to an aromatic ring is 1. The van der Waals surface area contributed by atoms with E-state index in [0.717, 1.165) is 9.35 Å². The molecule has 0 saturated heterocycles. The Morgan fingerprint density at radius 1 is 1.57 bits per heavy atom. The molecule has 0 aliphatic rings. The number of thiazole rings is 1. The van der Waals surface area contributed by atoms with Crippen molar-refractivity contribution in [1.29, 1.82) is 0 Å². The fourth-order valence-corrected chi connectivity index (χ4v) is 3.97. The lowest BCUT2D eigenvalue weighted by Gasteiger charge is -2.15. The first-order valence-electron chi connectivity index (χ1n) is 6.38. The topological polar surface area (TPSA) is 71.2 Å². The number of hydrogen-bond donors (Lipinski definition) is 2. The van der Waals surface area contributed by atoms with Crippen LogP contribution < -0.4 is 11.1 Å². The summed E-state index contributed by atoms with van der Waals surface area (Å²) in [4.78, 5) is 18.8. The molecule has 0 aliphatic heterocycles. The van der Waals surface area contributed by atoms with Gasteiger partial charge in [-0.1, -0.05) is 11.3 Å². The molecule has 2 aromatic rings. The van der Waals surface area contributed by atoms with Crippen LogP contribution in [0.2, 0.25) is 0 Å². The van der Waals surface area contributed by atoms with Crippen LogP contribution in [0.1, 0.15) is 29.1 Å². The lowest BCUT2D eigenvalue weighted by molar-refractivity contribution is 0.0791. The lowest BCUT2D eigenvalue weighted by atomic mass is 10.3. The standard InChI is InChI=1S/C13H17BrN4OS2/c1-7(2)16-13-17-11(15)10(21-13)12(19)18(3)5-8-4-9(14)20-6-8/h4,6-7H,5,15H2,1-3H3,(H,16,17). The van der Waals surface area contributed by atoms with Crippen LogP contribution in [0.3, 0.4) is 0 Å². The highest BCUT2D eigenvalue weighted by Crippen LogP contribution is 2.27. The molecule has 2 heterocycles. The summed E-state index contributed by atoms with van der Waals surface area (Å²) >= 11 is 6.32. The second-order valence-electron chi connectivity index (χ2n) is 4.95. The van der Waals surface area contributed by atoms with Crippen molar-refractivity contribution in [2.45, 2.75) is 26.4 Å². The van der Waals surface area contributed by atoms with E-state index < -0.39 is 0 Å². The number of halogens is 1. The number of amides is 1. The van der Waals surface area contributed by atoms with Crippen molar-refractivity contribution < 1.29 is 4.79 Å². The minimum Gasteiger partial charge on any atom is -0.382 e. The van der Waals surface area contributed by atoms with Gasteiger partial charge in [0.15, 0.2) is 5.13 Å². The average molecular weight is 389 g/mol. The Balaban J connectivity index is 2.10. The van der Waals surface area contributed by atoms with E-state index in [1.807, 2.05) is 25.3 Å². The molecule has 0 aromatic carbocycles. The normalized spacial score (nSPS) is 10.9. The van der Waals surface area contributed by atoms with Gasteiger partial charge in [0.2, 0.25) is 0 Å². The number of carbonyl (C=O) groups excluding carboxylic acids is 1. The van der Waals surface area contributed by atoms with Crippen molar-refractivity contribution in [3.63, 3.8) is 0 Å². The molecule has 21 heavy (non-hydrogen) atoms. The Morgan fingerprint density at radius 3 is 2.86 bits per heavy atom. The molecule has 1 amide bonds. The number of nitrogens with one attached hydrogen (secondary N) is 1. The fraction of sp³-hybridized carbons (Fsp3) is 0.385. The van der Waals surface area contributed by atoms with Gasteiger partial charge in [-0.2, -0.15) is 0 Å². The minimum atomic E-state index is -0.107. The van der Waals surface area contributed by atoms with Crippen LogP contribution in [-0.4, -0.2) is 28.9 Å². The number of hydrogen-bond acceptors (Lipinski definition) is 6. The SMILES string of the molecule is CC(C)Nc1nc(N)c(C(=O)N(C)Cc2csc(Br)c2)s1. The molecule has 0 bridgehead atoms. The second kappa shape index (κ2) is 6.76. The van der Waals surface area contributed by atoms with E-state index in [1.165, 1.54) is 11.3 Å². The molecule has 0 spiro atoms. The van der Waals surface area contributed by atoms with Gasteiger partial charge in [-0.05, 0) is 46.8 Å². The molecule has 0 atom stereocenters. The van der Waals surface area contributed by atoms with E-state index in [4.69, 9.17) is 5.73 Å². The van der Waals surface area contributed by atoms with Gasteiger partial charge in [0.25, 0.3) is 5.91 Å². The van der Waals surface area contributed by atoms with Gasteiger partial charge >= 0.3 is 0 Å². The smallest absolute Gasteiger partial charge is 0.267 e. The van der Waals surface area contributed by atoms with Crippen LogP contribution in [0.25, 0.3) is 0 Å². The van der Waals surface area contributed by atoms with E-state index in [9.17, 15) is 4.79 Å². The van der Waals surface area contributed by atoms with E-state index in [1.54, 1.807) is 23.3 Å². The summed E-state index contributed by atoms with van der Waals surface area (Å²) in [5.74, 6) is 0.177. The largest absolute Gasteiger partial charge is 0.382 e. The van der Waals surface area contributed by atoms with Gasteiger partial charge in [-0.25, -0.2) is 4.98 Å². The molecular weight excluding hydrogens is 372 g/mol. The summed E-state index contributed by atoms with van der Waals surface area (Å²) in [6, 6.07) is 2.26. The number of carbonyl (C=O) groups is 1. The first kappa shape index (κ1) is 16.3. The summed E-state index contributed by atoms with van der Waals surface area (Å²) in [5.41, 5.74) is 6.95. The molecule has 0 radical (unpaired) electrons. The van der Waals surface area contributed by atoms with E-state index >= 15 is 0 Å². The van der Waals surface area contributed by atoms with Crippen molar-refractivity contribution in [1.82, 2.24) is 9.88 Å². The van der Waals surface area contributed by atoms with Gasteiger partial charge in [0.05, 0.1) is 3.79 Å². The summed E-state index contributed by atoms with van der Waals surface area (Å²) < 4.78 is 1.05. The van der Waals surface area contributed by atoms with E-state index in [0.29, 0.717) is 16.6 Å². The Morgan fingerprint density at radius 2 is 2.29 bits per heavy atom. The van der Waals surface area contributed by atoms with E-state index in [2.05, 4.69) is 26.2 Å². The summed E-state index contributed by atoms with van der Waals surface area (Å²) in [6.45, 7) is 4.57. The quantitative estimate of drug-likeness (QED) is 0.819. The number of aromatic nitrogens is 1. The van der Waals surface area contributed by atoms with Crippen LogP contribution in [0.15, 0.2) is 15.2 Å². The minimum absolute atomic E-state index is 0.107. The number of rotatable bonds is 5. The van der Waals surface area contributed by atoms with Crippen LogP contribution in [-0.2, 0) is 6.54 Å². The third kappa shape index (κ3) is 4.18.